The molecule has 2 amide bonds. The number of carbonyl (C=O) groups excluding carboxylic acids is 2. The van der Waals surface area contributed by atoms with Gasteiger partial charge in [-0.25, -0.2) is 4.39 Å². The van der Waals surface area contributed by atoms with Gasteiger partial charge >= 0.3 is 0 Å². The molecule has 1 aromatic carbocycles. The van der Waals surface area contributed by atoms with Crippen LogP contribution in [-0.4, -0.2) is 24.9 Å². The van der Waals surface area contributed by atoms with Gasteiger partial charge in [-0.05, 0) is 24.1 Å². The largest absolute Gasteiger partial charge is 0.354 e. The molecular weight excluding hydrogens is 247 g/mol. The van der Waals surface area contributed by atoms with Crippen LogP contribution < -0.4 is 10.2 Å². The minimum absolute atomic E-state index is 0.106. The molecule has 0 saturated heterocycles. The fraction of sp³-hybridized carbons (Fsp3) is 0.429. The van der Waals surface area contributed by atoms with Gasteiger partial charge in [0, 0.05) is 19.2 Å². The van der Waals surface area contributed by atoms with Crippen molar-refractivity contribution in [1.82, 2.24) is 5.32 Å². The molecule has 1 aromatic rings. The molecule has 1 N–H and O–H groups in total. The summed E-state index contributed by atoms with van der Waals surface area (Å²) in [6.07, 6.45) is 0. The SMILES string of the molecule is CC(=O)N(CC(=O)NCC(C)C)c1cccc(F)c1. The van der Waals surface area contributed by atoms with E-state index < -0.39 is 5.82 Å². The standard InChI is InChI=1S/C14H19FN2O2/c1-10(2)8-16-14(19)9-17(11(3)18)13-6-4-5-12(15)7-13/h4-7,10H,8-9H2,1-3H3,(H,16,19). The lowest BCUT2D eigenvalue weighted by atomic mass is 10.2. The summed E-state index contributed by atoms with van der Waals surface area (Å²) in [4.78, 5) is 24.5. The Morgan fingerprint density at radius 2 is 2.05 bits per heavy atom. The number of halogens is 1. The van der Waals surface area contributed by atoms with E-state index in [2.05, 4.69) is 5.32 Å². The van der Waals surface area contributed by atoms with Crippen molar-refractivity contribution < 1.29 is 14.0 Å². The van der Waals surface area contributed by atoms with E-state index in [-0.39, 0.29) is 18.4 Å². The van der Waals surface area contributed by atoms with Crippen LogP contribution in [0, 0.1) is 11.7 Å². The lowest BCUT2D eigenvalue weighted by Gasteiger charge is -2.21. The van der Waals surface area contributed by atoms with Crippen LogP contribution in [0.2, 0.25) is 0 Å². The zero-order valence-corrected chi connectivity index (χ0v) is 11.4. The fourth-order valence-corrected chi connectivity index (χ4v) is 1.55. The van der Waals surface area contributed by atoms with Gasteiger partial charge in [-0.3, -0.25) is 9.59 Å². The maximum atomic E-state index is 13.1. The Labute approximate surface area is 112 Å². The molecule has 0 aliphatic rings. The summed E-state index contributed by atoms with van der Waals surface area (Å²) in [6, 6.07) is 5.63. The van der Waals surface area contributed by atoms with Crippen LogP contribution >= 0.6 is 0 Å². The Balaban J connectivity index is 2.74. The highest BCUT2D eigenvalue weighted by Gasteiger charge is 2.16. The van der Waals surface area contributed by atoms with Crippen molar-refractivity contribution >= 4 is 17.5 Å². The molecular formula is C14H19FN2O2. The maximum absolute atomic E-state index is 13.1. The second-order valence-electron chi connectivity index (χ2n) is 4.78. The first-order valence-corrected chi connectivity index (χ1v) is 6.20. The Bertz CT molecular complexity index is 461. The van der Waals surface area contributed by atoms with Crippen molar-refractivity contribution in [2.45, 2.75) is 20.8 Å². The number of amides is 2. The second kappa shape index (κ2) is 6.87. The normalized spacial score (nSPS) is 10.4. The number of anilines is 1. The molecule has 0 aliphatic carbocycles. The van der Waals surface area contributed by atoms with E-state index in [0.717, 1.165) is 0 Å². The van der Waals surface area contributed by atoms with Gasteiger partial charge in [0.25, 0.3) is 0 Å². The van der Waals surface area contributed by atoms with Crippen molar-refractivity contribution in [3.8, 4) is 0 Å². The molecule has 0 saturated carbocycles. The van der Waals surface area contributed by atoms with Crippen LogP contribution in [0.15, 0.2) is 24.3 Å². The Hall–Kier alpha value is -1.91. The van der Waals surface area contributed by atoms with Crippen LogP contribution in [0.3, 0.4) is 0 Å². The van der Waals surface area contributed by atoms with Crippen LogP contribution in [0.4, 0.5) is 10.1 Å². The second-order valence-corrected chi connectivity index (χ2v) is 4.78. The number of rotatable bonds is 5. The lowest BCUT2D eigenvalue weighted by molar-refractivity contribution is -0.123. The van der Waals surface area contributed by atoms with Gasteiger partial charge in [0.1, 0.15) is 12.4 Å². The molecule has 0 aromatic heterocycles. The molecule has 104 valence electrons. The van der Waals surface area contributed by atoms with E-state index in [1.807, 2.05) is 13.8 Å². The number of nitrogens with one attached hydrogen (secondary N) is 1. The van der Waals surface area contributed by atoms with Crippen LogP contribution in [-0.2, 0) is 9.59 Å². The van der Waals surface area contributed by atoms with Crippen molar-refractivity contribution in [2.75, 3.05) is 18.0 Å². The smallest absolute Gasteiger partial charge is 0.240 e. The number of nitrogens with zero attached hydrogens (tertiary/aromatic N) is 1. The van der Waals surface area contributed by atoms with Gasteiger partial charge < -0.3 is 10.2 Å². The van der Waals surface area contributed by atoms with Gasteiger partial charge in [0.05, 0.1) is 0 Å². The average Bonchev–Trinajstić information content (AvgIpc) is 2.33. The predicted octanol–water partition coefficient (Wildman–Crippen LogP) is 1.95. The number of carbonyl (C=O) groups is 2. The highest BCUT2D eigenvalue weighted by molar-refractivity contribution is 5.97. The third-order valence-corrected chi connectivity index (χ3v) is 2.51. The number of hydrogen-bond acceptors (Lipinski definition) is 2. The highest BCUT2D eigenvalue weighted by atomic mass is 19.1. The summed E-state index contributed by atoms with van der Waals surface area (Å²) in [6.45, 7) is 5.76. The van der Waals surface area contributed by atoms with E-state index >= 15 is 0 Å². The van der Waals surface area contributed by atoms with Crippen molar-refractivity contribution in [2.24, 2.45) is 5.92 Å². The van der Waals surface area contributed by atoms with E-state index in [0.29, 0.717) is 18.2 Å². The summed E-state index contributed by atoms with van der Waals surface area (Å²) in [5.41, 5.74) is 0.382. The summed E-state index contributed by atoms with van der Waals surface area (Å²) in [5, 5.41) is 2.73. The van der Waals surface area contributed by atoms with E-state index in [1.165, 1.54) is 30.0 Å². The quantitative estimate of drug-likeness (QED) is 0.885. The minimum Gasteiger partial charge on any atom is -0.354 e. The summed E-state index contributed by atoms with van der Waals surface area (Å²) < 4.78 is 13.1. The van der Waals surface area contributed by atoms with Gasteiger partial charge in [0.2, 0.25) is 11.8 Å². The summed E-state index contributed by atoms with van der Waals surface area (Å²) in [5.74, 6) is -0.659. The predicted molar refractivity (Wildman–Crippen MR) is 72.3 cm³/mol. The molecule has 0 fully saturated rings. The Morgan fingerprint density at radius 3 is 2.58 bits per heavy atom. The summed E-state index contributed by atoms with van der Waals surface area (Å²) >= 11 is 0. The lowest BCUT2D eigenvalue weighted by Crippen LogP contribution is -2.40. The molecule has 4 nitrogen and oxygen atoms in total. The topological polar surface area (TPSA) is 49.4 Å². The molecule has 5 heteroatoms. The van der Waals surface area contributed by atoms with Crippen molar-refractivity contribution in [3.63, 3.8) is 0 Å². The molecule has 1 rings (SSSR count). The highest BCUT2D eigenvalue weighted by Crippen LogP contribution is 2.15. The molecule has 0 unspecified atom stereocenters. The van der Waals surface area contributed by atoms with Gasteiger partial charge in [-0.2, -0.15) is 0 Å². The molecule has 0 radical (unpaired) electrons. The first-order chi connectivity index (χ1) is 8.90. The first kappa shape index (κ1) is 15.1. The van der Waals surface area contributed by atoms with Crippen LogP contribution in [0.5, 0.6) is 0 Å². The van der Waals surface area contributed by atoms with Crippen molar-refractivity contribution in [1.29, 1.82) is 0 Å². The van der Waals surface area contributed by atoms with E-state index in [9.17, 15) is 14.0 Å². The van der Waals surface area contributed by atoms with Gasteiger partial charge in [-0.1, -0.05) is 19.9 Å². The molecule has 0 aliphatic heterocycles. The molecule has 0 heterocycles. The average molecular weight is 266 g/mol. The number of benzene rings is 1. The van der Waals surface area contributed by atoms with E-state index in [1.54, 1.807) is 6.07 Å². The molecule has 0 spiro atoms. The van der Waals surface area contributed by atoms with Crippen LogP contribution in [0.1, 0.15) is 20.8 Å². The first-order valence-electron chi connectivity index (χ1n) is 6.20. The third-order valence-electron chi connectivity index (χ3n) is 2.51. The minimum atomic E-state index is -0.439. The summed E-state index contributed by atoms with van der Waals surface area (Å²) in [7, 11) is 0. The molecule has 19 heavy (non-hydrogen) atoms. The Kier molecular flexibility index (Phi) is 5.48. The van der Waals surface area contributed by atoms with E-state index in [4.69, 9.17) is 0 Å². The van der Waals surface area contributed by atoms with Gasteiger partial charge in [-0.15, -0.1) is 0 Å². The fourth-order valence-electron chi connectivity index (χ4n) is 1.55. The third kappa shape index (κ3) is 5.07. The Morgan fingerprint density at radius 1 is 1.37 bits per heavy atom. The molecule has 0 atom stereocenters. The monoisotopic (exact) mass is 266 g/mol. The zero-order chi connectivity index (χ0) is 14.4. The number of hydrogen-bond donors (Lipinski definition) is 1. The van der Waals surface area contributed by atoms with Gasteiger partial charge in [0.15, 0.2) is 0 Å². The zero-order valence-electron chi connectivity index (χ0n) is 11.4. The van der Waals surface area contributed by atoms with Crippen molar-refractivity contribution in [3.05, 3.63) is 30.1 Å². The maximum Gasteiger partial charge on any atom is 0.240 e. The molecule has 0 bridgehead atoms. The van der Waals surface area contributed by atoms with Crippen LogP contribution in [0.25, 0.3) is 0 Å².